The van der Waals surface area contributed by atoms with Crippen LogP contribution in [0, 0.1) is 12.7 Å². The van der Waals surface area contributed by atoms with Crippen LogP contribution in [0.2, 0.25) is 0 Å². The van der Waals surface area contributed by atoms with E-state index in [1.54, 1.807) is 43.3 Å². The summed E-state index contributed by atoms with van der Waals surface area (Å²) in [7, 11) is 0. The molecule has 2 aromatic carbocycles. The van der Waals surface area contributed by atoms with Crippen molar-refractivity contribution in [1.29, 1.82) is 0 Å². The third kappa shape index (κ3) is 2.74. The van der Waals surface area contributed by atoms with E-state index >= 15 is 0 Å². The molecule has 0 saturated heterocycles. The molecular weight excluding hydrogens is 351 g/mol. The molecule has 0 saturated carbocycles. The summed E-state index contributed by atoms with van der Waals surface area (Å²) in [6.07, 6.45) is 1.34. The second-order valence-corrected chi connectivity index (χ2v) is 6.71. The third-order valence-corrected chi connectivity index (χ3v) is 4.93. The van der Waals surface area contributed by atoms with Gasteiger partial charge in [-0.25, -0.2) is 14.4 Å². The zero-order valence-electron chi connectivity index (χ0n) is 13.7. The molecule has 1 aliphatic carbocycles. The number of fused-ring (bicyclic) bond motifs is 1. The van der Waals surface area contributed by atoms with Crippen LogP contribution in [0.1, 0.15) is 21.5 Å². The number of nitrogens with zero attached hydrogens (tertiary/aromatic N) is 2. The van der Waals surface area contributed by atoms with E-state index in [2.05, 4.69) is 9.98 Å². The molecule has 0 unspecified atom stereocenters. The van der Waals surface area contributed by atoms with Crippen molar-refractivity contribution in [3.63, 3.8) is 0 Å². The fraction of sp³-hybridized carbons (Fsp3) is 0.0500. The lowest BCUT2D eigenvalue weighted by Gasteiger charge is -1.99. The summed E-state index contributed by atoms with van der Waals surface area (Å²) in [5, 5.41) is 12.5. The van der Waals surface area contributed by atoms with Crippen molar-refractivity contribution in [3.8, 4) is 11.3 Å². The maximum Gasteiger partial charge on any atom is 0.209 e. The summed E-state index contributed by atoms with van der Waals surface area (Å²) < 4.78 is 13.4. The summed E-state index contributed by atoms with van der Waals surface area (Å²) in [5.74, 6) is -0.586. The van der Waals surface area contributed by atoms with Gasteiger partial charge < -0.3 is 5.11 Å². The summed E-state index contributed by atoms with van der Waals surface area (Å²) in [6, 6.07) is 11.7. The molecule has 3 aromatic rings. The summed E-state index contributed by atoms with van der Waals surface area (Å²) in [6.45, 7) is 1.70. The lowest BCUT2D eigenvalue weighted by molar-refractivity contribution is 0.104. The number of hydrogen-bond acceptors (Lipinski definition) is 5. The van der Waals surface area contributed by atoms with Crippen LogP contribution < -0.4 is 0 Å². The molecule has 0 aliphatic heterocycles. The van der Waals surface area contributed by atoms with Gasteiger partial charge >= 0.3 is 0 Å². The average molecular weight is 364 g/mol. The minimum Gasteiger partial charge on any atom is -0.506 e. The molecule has 1 aliphatic rings. The smallest absolute Gasteiger partial charge is 0.209 e. The van der Waals surface area contributed by atoms with Crippen molar-refractivity contribution in [2.75, 3.05) is 0 Å². The Morgan fingerprint density at radius 3 is 2.69 bits per heavy atom. The van der Waals surface area contributed by atoms with Crippen LogP contribution in [-0.2, 0) is 0 Å². The number of rotatable bonds is 3. The Balaban J connectivity index is 1.61. The van der Waals surface area contributed by atoms with Crippen LogP contribution in [0.15, 0.2) is 58.4 Å². The third-order valence-electron chi connectivity index (χ3n) is 4.18. The van der Waals surface area contributed by atoms with Gasteiger partial charge in [-0.1, -0.05) is 24.3 Å². The van der Waals surface area contributed by atoms with E-state index < -0.39 is 0 Å². The second kappa shape index (κ2) is 6.31. The number of benzene rings is 2. The molecule has 26 heavy (non-hydrogen) atoms. The number of aliphatic hydroxyl groups excluding tert-OH is 1. The summed E-state index contributed by atoms with van der Waals surface area (Å²) >= 11 is 1.31. The van der Waals surface area contributed by atoms with Crippen LogP contribution in [0.5, 0.6) is 0 Å². The van der Waals surface area contributed by atoms with Crippen LogP contribution in [0.4, 0.5) is 9.52 Å². The van der Waals surface area contributed by atoms with Crippen LogP contribution >= 0.6 is 11.3 Å². The Hall–Kier alpha value is -3.12. The number of aromatic nitrogens is 1. The van der Waals surface area contributed by atoms with Crippen LogP contribution in [-0.4, -0.2) is 22.1 Å². The molecule has 0 atom stereocenters. The summed E-state index contributed by atoms with van der Waals surface area (Å²) in [4.78, 5) is 21.0. The maximum atomic E-state index is 13.4. The lowest BCUT2D eigenvalue weighted by Crippen LogP contribution is -1.99. The number of hydrogen-bond donors (Lipinski definition) is 1. The number of aliphatic hydroxyl groups is 1. The first-order chi connectivity index (χ1) is 12.5. The summed E-state index contributed by atoms with van der Waals surface area (Å²) in [5.41, 5.74) is 3.16. The van der Waals surface area contributed by atoms with Crippen molar-refractivity contribution in [3.05, 3.63) is 75.9 Å². The molecular formula is C20H13FN2O2S. The zero-order valence-corrected chi connectivity index (χ0v) is 14.5. The lowest BCUT2D eigenvalue weighted by atomic mass is 10.1. The highest BCUT2D eigenvalue weighted by molar-refractivity contribution is 7.13. The Morgan fingerprint density at radius 2 is 1.96 bits per heavy atom. The van der Waals surface area contributed by atoms with Crippen molar-refractivity contribution >= 4 is 34.2 Å². The van der Waals surface area contributed by atoms with E-state index in [9.17, 15) is 14.3 Å². The minimum atomic E-state index is -0.260. The van der Waals surface area contributed by atoms with Crippen molar-refractivity contribution in [2.24, 2.45) is 4.99 Å². The fourth-order valence-electron chi connectivity index (χ4n) is 2.79. The molecule has 1 N–H and O–H groups in total. The highest BCUT2D eigenvalue weighted by atomic mass is 32.1. The van der Waals surface area contributed by atoms with Gasteiger partial charge in [-0.3, -0.25) is 4.79 Å². The Labute approximate surface area is 153 Å². The number of aliphatic imine (C=N–C) groups is 1. The van der Waals surface area contributed by atoms with Crippen molar-refractivity contribution < 1.29 is 14.3 Å². The van der Waals surface area contributed by atoms with E-state index in [-0.39, 0.29) is 22.9 Å². The predicted molar refractivity (Wildman–Crippen MR) is 101 cm³/mol. The number of carbonyl (C=O) groups is 1. The number of carbonyl (C=O) groups excluding carboxylic acids is 1. The highest BCUT2D eigenvalue weighted by Gasteiger charge is 2.28. The van der Waals surface area contributed by atoms with E-state index in [1.807, 2.05) is 5.38 Å². The minimum absolute atomic E-state index is 0.0692. The molecule has 0 spiro atoms. The first kappa shape index (κ1) is 16.4. The van der Waals surface area contributed by atoms with Gasteiger partial charge in [0.05, 0.1) is 11.3 Å². The van der Waals surface area contributed by atoms with Gasteiger partial charge in [0.2, 0.25) is 5.13 Å². The van der Waals surface area contributed by atoms with Gasteiger partial charge in [0.25, 0.3) is 0 Å². The molecule has 4 nitrogen and oxygen atoms in total. The van der Waals surface area contributed by atoms with Crippen molar-refractivity contribution in [1.82, 2.24) is 4.98 Å². The first-order valence-corrected chi connectivity index (χ1v) is 8.76. The Morgan fingerprint density at radius 1 is 1.19 bits per heavy atom. The Bertz CT molecular complexity index is 1100. The zero-order chi connectivity index (χ0) is 18.3. The first-order valence-electron chi connectivity index (χ1n) is 7.88. The van der Waals surface area contributed by atoms with Crippen LogP contribution in [0.3, 0.4) is 0 Å². The molecule has 0 amide bonds. The monoisotopic (exact) mass is 364 g/mol. The van der Waals surface area contributed by atoms with E-state index in [0.717, 1.165) is 5.56 Å². The topological polar surface area (TPSA) is 62.6 Å². The standard InChI is InChI=1S/C20H13FN2O2S/c1-11-8-12(6-7-16(11)21)17-10-26-20(23-17)22-9-15-18(24)13-4-2-3-5-14(13)19(15)25/h2-10,24H,1H3/b22-9+. The normalized spacial score (nSPS) is 13.7. The molecule has 128 valence electrons. The number of halogens is 1. The Kier molecular flexibility index (Phi) is 3.97. The van der Waals surface area contributed by atoms with Crippen LogP contribution in [0.25, 0.3) is 17.0 Å². The quantitative estimate of drug-likeness (QED) is 0.656. The van der Waals surface area contributed by atoms with E-state index in [4.69, 9.17) is 0 Å². The molecule has 1 aromatic heterocycles. The van der Waals surface area contributed by atoms with Gasteiger partial charge in [0, 0.05) is 28.3 Å². The van der Waals surface area contributed by atoms with Gasteiger partial charge in [-0.15, -0.1) is 11.3 Å². The van der Waals surface area contributed by atoms with E-state index in [0.29, 0.717) is 27.5 Å². The highest BCUT2D eigenvalue weighted by Crippen LogP contribution is 2.31. The second-order valence-electron chi connectivity index (χ2n) is 5.87. The number of thiazole rings is 1. The molecule has 0 radical (unpaired) electrons. The van der Waals surface area contributed by atoms with Gasteiger partial charge in [0.15, 0.2) is 5.78 Å². The number of Topliss-reactive ketones (excluding diaryl/α,β-unsaturated/α-hetero) is 1. The van der Waals surface area contributed by atoms with Gasteiger partial charge in [0.1, 0.15) is 11.6 Å². The molecule has 1 heterocycles. The predicted octanol–water partition coefficient (Wildman–Crippen LogP) is 5.13. The molecule has 0 bridgehead atoms. The number of aryl methyl sites for hydroxylation is 1. The number of ketones is 1. The maximum absolute atomic E-state index is 13.4. The van der Waals surface area contributed by atoms with Gasteiger partial charge in [-0.2, -0.15) is 0 Å². The van der Waals surface area contributed by atoms with E-state index in [1.165, 1.54) is 23.6 Å². The average Bonchev–Trinajstić information content (AvgIpc) is 3.21. The molecule has 0 fully saturated rings. The largest absolute Gasteiger partial charge is 0.506 e. The van der Waals surface area contributed by atoms with Gasteiger partial charge in [-0.05, 0) is 30.7 Å². The fourth-order valence-corrected chi connectivity index (χ4v) is 3.46. The SMILES string of the molecule is Cc1cc(-c2csc(/N=C/C3=C(O)c4ccccc4C3=O)n2)ccc1F. The van der Waals surface area contributed by atoms with Crippen molar-refractivity contribution in [2.45, 2.75) is 6.92 Å². The number of allylic oxidation sites excluding steroid dienone is 1. The molecule has 6 heteroatoms. The molecule has 4 rings (SSSR count).